The number of nitrogens with two attached hydrogens (primary N) is 1. The van der Waals surface area contributed by atoms with E-state index in [0.29, 0.717) is 12.1 Å². The number of aromatic nitrogens is 1. The monoisotopic (exact) mass is 377 g/mol. The Hall–Kier alpha value is -2.53. The molecule has 1 aromatic carbocycles. The van der Waals surface area contributed by atoms with Crippen LogP contribution >= 0.6 is 0 Å². The second kappa shape index (κ2) is 6.76. The molecule has 25 heavy (non-hydrogen) atoms. The van der Waals surface area contributed by atoms with Gasteiger partial charge in [-0.2, -0.15) is 13.2 Å². The fourth-order valence-corrected chi connectivity index (χ4v) is 2.50. The number of benzene rings is 1. The maximum absolute atomic E-state index is 13.8. The second-order valence-corrected chi connectivity index (χ2v) is 6.48. The third-order valence-electron chi connectivity index (χ3n) is 3.13. The zero-order valence-electron chi connectivity index (χ0n) is 12.3. The Kier molecular flexibility index (Phi) is 5.09. The predicted molar refractivity (Wildman–Crippen MR) is 78.3 cm³/mol. The zero-order chi connectivity index (χ0) is 18.8. The average molecular weight is 377 g/mol. The Balaban J connectivity index is 2.40. The van der Waals surface area contributed by atoms with Crippen LogP contribution in [0.5, 0.6) is 0 Å². The normalized spacial score (nSPS) is 13.3. The maximum Gasteiger partial charge on any atom is 0.412 e. The summed E-state index contributed by atoms with van der Waals surface area (Å²) in [6.07, 6.45) is -2.74. The number of amides is 1. The molecule has 1 atom stereocenters. The van der Waals surface area contributed by atoms with Crippen molar-refractivity contribution in [3.05, 3.63) is 59.7 Å². The molecule has 2 rings (SSSR count). The lowest BCUT2D eigenvalue weighted by Gasteiger charge is -2.22. The van der Waals surface area contributed by atoms with Gasteiger partial charge in [0, 0.05) is 18.0 Å². The van der Waals surface area contributed by atoms with Gasteiger partial charge in [-0.25, -0.2) is 17.9 Å². The van der Waals surface area contributed by atoms with E-state index in [1.54, 1.807) is 5.32 Å². The number of carbonyl (C=O) groups is 1. The highest BCUT2D eigenvalue weighted by Crippen LogP contribution is 2.32. The van der Waals surface area contributed by atoms with E-state index in [0.717, 1.165) is 18.3 Å². The summed E-state index contributed by atoms with van der Waals surface area (Å²) in [7, 11) is -4.26. The molecule has 1 amide bonds. The predicted octanol–water partition coefficient (Wildman–Crippen LogP) is 1.90. The van der Waals surface area contributed by atoms with Crippen LogP contribution in [-0.2, 0) is 10.0 Å². The largest absolute Gasteiger partial charge is 0.412 e. The van der Waals surface area contributed by atoms with E-state index in [4.69, 9.17) is 5.14 Å². The molecule has 2 aromatic rings. The summed E-state index contributed by atoms with van der Waals surface area (Å²) in [6, 6.07) is 1.86. The first kappa shape index (κ1) is 18.8. The Bertz CT molecular complexity index is 886. The van der Waals surface area contributed by atoms with Gasteiger partial charge in [0.25, 0.3) is 5.91 Å². The highest BCUT2D eigenvalue weighted by atomic mass is 32.2. The van der Waals surface area contributed by atoms with E-state index < -0.39 is 44.4 Å². The van der Waals surface area contributed by atoms with Crippen LogP contribution in [0.3, 0.4) is 0 Å². The lowest BCUT2D eigenvalue weighted by Crippen LogP contribution is -2.38. The molecule has 1 aromatic heterocycles. The summed E-state index contributed by atoms with van der Waals surface area (Å²) in [4.78, 5) is 15.0. The molecule has 0 bridgehead atoms. The number of nitrogens with one attached hydrogen (secondary N) is 1. The van der Waals surface area contributed by atoms with Gasteiger partial charge in [-0.15, -0.1) is 0 Å². The summed E-state index contributed by atoms with van der Waals surface area (Å²) in [5.74, 6) is -2.65. The third kappa shape index (κ3) is 4.51. The van der Waals surface area contributed by atoms with Crippen molar-refractivity contribution in [3.8, 4) is 0 Å². The Morgan fingerprint density at radius 2 is 1.92 bits per heavy atom. The fourth-order valence-electron chi connectivity index (χ4n) is 1.97. The lowest BCUT2D eigenvalue weighted by atomic mass is 10.1. The van der Waals surface area contributed by atoms with E-state index in [1.807, 2.05) is 0 Å². The molecule has 0 aliphatic rings. The first-order valence-electron chi connectivity index (χ1n) is 6.60. The van der Waals surface area contributed by atoms with E-state index >= 15 is 0 Å². The van der Waals surface area contributed by atoms with Gasteiger partial charge in [-0.3, -0.25) is 9.78 Å². The minimum Gasteiger partial charge on any atom is -0.337 e. The van der Waals surface area contributed by atoms with E-state index in [1.165, 1.54) is 12.3 Å². The van der Waals surface area contributed by atoms with Crippen molar-refractivity contribution in [2.75, 3.05) is 0 Å². The van der Waals surface area contributed by atoms with E-state index in [-0.39, 0.29) is 5.56 Å². The fraction of sp³-hybridized carbons (Fsp3) is 0.143. The number of hydrogen-bond acceptors (Lipinski definition) is 4. The third-order valence-corrected chi connectivity index (χ3v) is 4.04. The SMILES string of the molecule is NS(=O)(=O)c1ccc(F)c(C(=O)N[C@@H](c2cccnc2)C(F)(F)F)c1. The van der Waals surface area contributed by atoms with Crippen LogP contribution in [-0.4, -0.2) is 25.5 Å². The summed E-state index contributed by atoms with van der Waals surface area (Å²) >= 11 is 0. The molecule has 0 spiro atoms. The van der Waals surface area contributed by atoms with Crippen LogP contribution in [0, 0.1) is 5.82 Å². The molecule has 0 unspecified atom stereocenters. The molecule has 0 saturated carbocycles. The van der Waals surface area contributed by atoms with Crippen LogP contribution in [0.4, 0.5) is 17.6 Å². The number of hydrogen-bond donors (Lipinski definition) is 2. The minimum atomic E-state index is -4.88. The standard InChI is InChI=1S/C14H11F4N3O3S/c15-11-4-3-9(25(19,23)24)6-10(11)13(22)21-12(14(16,17)18)8-2-1-5-20-7-8/h1-7,12H,(H,21,22)(H2,19,23,24)/t12-/m0/s1. The number of pyridine rings is 1. The van der Waals surface area contributed by atoms with Crippen molar-refractivity contribution in [1.29, 1.82) is 0 Å². The number of sulfonamides is 1. The smallest absolute Gasteiger partial charge is 0.337 e. The van der Waals surface area contributed by atoms with Gasteiger partial charge in [0.2, 0.25) is 10.0 Å². The number of nitrogens with zero attached hydrogens (tertiary/aromatic N) is 1. The van der Waals surface area contributed by atoms with Crippen molar-refractivity contribution in [2.24, 2.45) is 5.14 Å². The maximum atomic E-state index is 13.8. The van der Waals surface area contributed by atoms with Crippen molar-refractivity contribution in [2.45, 2.75) is 17.1 Å². The Morgan fingerprint density at radius 3 is 2.44 bits per heavy atom. The van der Waals surface area contributed by atoms with E-state index in [2.05, 4.69) is 4.98 Å². The van der Waals surface area contributed by atoms with Crippen molar-refractivity contribution in [3.63, 3.8) is 0 Å². The first-order chi connectivity index (χ1) is 11.5. The summed E-state index contributed by atoms with van der Waals surface area (Å²) in [6.45, 7) is 0. The molecule has 0 radical (unpaired) electrons. The lowest BCUT2D eigenvalue weighted by molar-refractivity contribution is -0.155. The van der Waals surface area contributed by atoms with Gasteiger partial charge in [0.05, 0.1) is 10.5 Å². The Morgan fingerprint density at radius 1 is 1.24 bits per heavy atom. The minimum absolute atomic E-state index is 0.369. The zero-order valence-corrected chi connectivity index (χ0v) is 13.1. The van der Waals surface area contributed by atoms with Crippen molar-refractivity contribution in [1.82, 2.24) is 10.3 Å². The molecule has 0 aliphatic carbocycles. The van der Waals surface area contributed by atoms with Crippen LogP contribution in [0.15, 0.2) is 47.6 Å². The van der Waals surface area contributed by atoms with E-state index in [9.17, 15) is 30.8 Å². The van der Waals surface area contributed by atoms with Crippen molar-refractivity contribution >= 4 is 15.9 Å². The van der Waals surface area contributed by atoms with Gasteiger partial charge in [0.1, 0.15) is 5.82 Å². The highest BCUT2D eigenvalue weighted by molar-refractivity contribution is 7.89. The van der Waals surface area contributed by atoms with Crippen LogP contribution in [0.25, 0.3) is 0 Å². The van der Waals surface area contributed by atoms with Crippen molar-refractivity contribution < 1.29 is 30.8 Å². The number of rotatable bonds is 4. The molecule has 0 saturated heterocycles. The molecular weight excluding hydrogens is 366 g/mol. The number of alkyl halides is 3. The summed E-state index contributed by atoms with van der Waals surface area (Å²) < 4.78 is 75.9. The molecule has 0 fully saturated rings. The van der Waals surface area contributed by atoms with Gasteiger partial charge < -0.3 is 5.32 Å². The van der Waals surface area contributed by atoms with Crippen LogP contribution in [0.2, 0.25) is 0 Å². The number of primary sulfonamides is 1. The highest BCUT2D eigenvalue weighted by Gasteiger charge is 2.42. The molecule has 1 heterocycles. The van der Waals surface area contributed by atoms with Gasteiger partial charge in [0.15, 0.2) is 6.04 Å². The number of carbonyl (C=O) groups excluding carboxylic acids is 1. The second-order valence-electron chi connectivity index (χ2n) is 4.92. The molecule has 0 aliphatic heterocycles. The van der Waals surface area contributed by atoms with Gasteiger partial charge >= 0.3 is 6.18 Å². The molecule has 6 nitrogen and oxygen atoms in total. The topological polar surface area (TPSA) is 102 Å². The molecular formula is C14H11F4N3O3S. The van der Waals surface area contributed by atoms with Crippen LogP contribution < -0.4 is 10.5 Å². The first-order valence-corrected chi connectivity index (χ1v) is 8.14. The van der Waals surface area contributed by atoms with Gasteiger partial charge in [-0.1, -0.05) is 6.07 Å². The number of halogens is 4. The van der Waals surface area contributed by atoms with Crippen LogP contribution in [0.1, 0.15) is 22.0 Å². The molecule has 3 N–H and O–H groups in total. The molecule has 11 heteroatoms. The summed E-state index contributed by atoms with van der Waals surface area (Å²) in [5.41, 5.74) is -1.25. The average Bonchev–Trinajstić information content (AvgIpc) is 2.51. The molecule has 134 valence electrons. The Labute approximate surface area is 139 Å². The van der Waals surface area contributed by atoms with Gasteiger partial charge in [-0.05, 0) is 24.3 Å². The quantitative estimate of drug-likeness (QED) is 0.795. The summed E-state index contributed by atoms with van der Waals surface area (Å²) in [5, 5.41) is 6.50.